The van der Waals surface area contributed by atoms with Crippen molar-refractivity contribution < 1.29 is 45.2 Å². The highest BCUT2D eigenvalue weighted by Gasteiger charge is 2.62. The molecule has 48 heavy (non-hydrogen) atoms. The molecule has 9 nitrogen and oxygen atoms in total. The lowest BCUT2D eigenvalue weighted by molar-refractivity contribution is -0.198. The van der Waals surface area contributed by atoms with E-state index in [-0.39, 0.29) is 64.4 Å². The Morgan fingerprint density at radius 2 is 1.54 bits per heavy atom. The summed E-state index contributed by atoms with van der Waals surface area (Å²) in [7, 11) is 0. The Kier molecular flexibility index (Phi) is 7.29. The molecule has 0 saturated heterocycles. The predicted molar refractivity (Wildman–Crippen MR) is 180 cm³/mol. The molecule has 0 saturated carbocycles. The highest BCUT2D eigenvalue weighted by atomic mass is 16.7. The van der Waals surface area contributed by atoms with E-state index in [0.29, 0.717) is 34.6 Å². The first-order chi connectivity index (χ1) is 22.7. The lowest BCUT2D eigenvalue weighted by Gasteiger charge is -2.55. The summed E-state index contributed by atoms with van der Waals surface area (Å²) in [5.74, 6) is -2.58. The van der Waals surface area contributed by atoms with Gasteiger partial charge in [-0.05, 0) is 93.6 Å². The van der Waals surface area contributed by atoms with Gasteiger partial charge in [0.2, 0.25) is 0 Å². The largest absolute Gasteiger partial charge is 0.508 e. The number of hydrogen-bond donors (Lipinski definition) is 7. The maximum atomic E-state index is 11.9. The average molecular weight is 651 g/mol. The van der Waals surface area contributed by atoms with Crippen molar-refractivity contribution in [3.8, 4) is 46.0 Å². The minimum absolute atomic E-state index is 0.00142. The quantitative estimate of drug-likeness (QED) is 0.0841. The Bertz CT molecular complexity index is 2000. The molecule has 7 rings (SSSR count). The van der Waals surface area contributed by atoms with E-state index in [1.165, 1.54) is 24.3 Å². The van der Waals surface area contributed by atoms with Gasteiger partial charge in [-0.25, -0.2) is 0 Å². The van der Waals surface area contributed by atoms with Crippen LogP contribution in [-0.2, 0) is 12.2 Å². The van der Waals surface area contributed by atoms with Crippen LogP contribution in [0.25, 0.3) is 12.2 Å². The van der Waals surface area contributed by atoms with Crippen molar-refractivity contribution in [1.82, 2.24) is 0 Å². The van der Waals surface area contributed by atoms with Gasteiger partial charge < -0.3 is 45.2 Å². The Morgan fingerprint density at radius 3 is 2.29 bits per heavy atom. The Labute approximate surface area is 277 Å². The van der Waals surface area contributed by atoms with Crippen LogP contribution in [0.3, 0.4) is 0 Å². The Morgan fingerprint density at radius 1 is 0.812 bits per heavy atom. The fourth-order valence-corrected chi connectivity index (χ4v) is 7.55. The van der Waals surface area contributed by atoms with E-state index in [0.717, 1.165) is 11.1 Å². The summed E-state index contributed by atoms with van der Waals surface area (Å²) >= 11 is 0. The van der Waals surface area contributed by atoms with Crippen molar-refractivity contribution in [2.75, 3.05) is 0 Å². The second-order valence-electron chi connectivity index (χ2n) is 13.8. The van der Waals surface area contributed by atoms with Gasteiger partial charge >= 0.3 is 0 Å². The summed E-state index contributed by atoms with van der Waals surface area (Å²) in [6, 6.07) is 15.7. The van der Waals surface area contributed by atoms with Gasteiger partial charge in [0.05, 0.1) is 17.1 Å². The lowest BCUT2D eigenvalue weighted by atomic mass is 9.61. The number of hydrogen-bond acceptors (Lipinski definition) is 9. The average Bonchev–Trinajstić information content (AvgIpc) is 2.99. The molecule has 3 aliphatic rings. The first-order valence-electron chi connectivity index (χ1n) is 16.0. The molecule has 0 amide bonds. The molecule has 4 aromatic rings. The molecule has 248 valence electrons. The minimum Gasteiger partial charge on any atom is -0.508 e. The van der Waals surface area contributed by atoms with Crippen molar-refractivity contribution >= 4 is 12.2 Å². The topological polar surface area (TPSA) is 160 Å². The molecular weight excluding hydrogens is 612 g/mol. The van der Waals surface area contributed by atoms with E-state index >= 15 is 0 Å². The minimum atomic E-state index is -1.66. The second-order valence-corrected chi connectivity index (χ2v) is 13.8. The van der Waals surface area contributed by atoms with E-state index in [2.05, 4.69) is 6.08 Å². The summed E-state index contributed by atoms with van der Waals surface area (Å²) in [6.07, 6.45) is 6.53. The molecule has 2 aliphatic heterocycles. The molecule has 0 spiro atoms. The summed E-state index contributed by atoms with van der Waals surface area (Å²) in [6.45, 7) is 5.35. The van der Waals surface area contributed by atoms with E-state index < -0.39 is 23.2 Å². The fraction of sp³-hybridized carbons (Fsp3) is 0.282. The molecule has 4 aromatic carbocycles. The zero-order valence-electron chi connectivity index (χ0n) is 26.8. The SMILES string of the molecule is CC1=C[C@@H]2c3c(O)cc(C=Cc4ccc(O)cc4O)cc3O[C@@]3(c4ccc(O)c(CCC(C)(C)O)c4O)Oc4cc(O)ccc4[C@@H](C1)[C@H]23. The van der Waals surface area contributed by atoms with Crippen LogP contribution < -0.4 is 9.47 Å². The zero-order valence-corrected chi connectivity index (χ0v) is 26.8. The molecule has 2 heterocycles. The third-order valence-electron chi connectivity index (χ3n) is 9.75. The number of allylic oxidation sites excluding steroid dienone is 2. The van der Waals surface area contributed by atoms with Gasteiger partial charge in [0.15, 0.2) is 0 Å². The van der Waals surface area contributed by atoms with Gasteiger partial charge in [-0.15, -0.1) is 0 Å². The van der Waals surface area contributed by atoms with Crippen molar-refractivity contribution in [3.63, 3.8) is 0 Å². The van der Waals surface area contributed by atoms with E-state index in [4.69, 9.17) is 9.47 Å². The van der Waals surface area contributed by atoms with Crippen LogP contribution >= 0.6 is 0 Å². The lowest BCUT2D eigenvalue weighted by Crippen LogP contribution is -2.56. The molecule has 0 aromatic heterocycles. The van der Waals surface area contributed by atoms with Crippen molar-refractivity contribution in [3.05, 3.63) is 106 Å². The monoisotopic (exact) mass is 650 g/mol. The number of ether oxygens (including phenoxy) is 2. The van der Waals surface area contributed by atoms with Gasteiger partial charge in [0.1, 0.15) is 46.0 Å². The Balaban J connectivity index is 1.43. The van der Waals surface area contributed by atoms with Crippen LogP contribution in [0.2, 0.25) is 0 Å². The number of fused-ring (bicyclic) bond motifs is 4. The van der Waals surface area contributed by atoms with Crippen molar-refractivity contribution in [2.24, 2.45) is 5.92 Å². The first-order valence-corrected chi connectivity index (χ1v) is 16.0. The van der Waals surface area contributed by atoms with Gasteiger partial charge in [-0.2, -0.15) is 0 Å². The van der Waals surface area contributed by atoms with E-state index in [9.17, 15) is 35.7 Å². The van der Waals surface area contributed by atoms with Crippen molar-refractivity contribution in [2.45, 2.75) is 63.3 Å². The number of benzene rings is 4. The number of rotatable bonds is 6. The maximum Gasteiger partial charge on any atom is 0.285 e. The normalized spacial score (nSPS) is 22.6. The molecule has 0 fully saturated rings. The van der Waals surface area contributed by atoms with Crippen LogP contribution in [0.15, 0.2) is 72.3 Å². The number of phenolic OH excluding ortho intramolecular Hbond substituents is 6. The second kappa shape index (κ2) is 11.2. The number of phenols is 6. The van der Waals surface area contributed by atoms with Crippen LogP contribution in [0.1, 0.15) is 78.8 Å². The van der Waals surface area contributed by atoms with Crippen LogP contribution in [0.5, 0.6) is 46.0 Å². The number of aromatic hydroxyl groups is 6. The van der Waals surface area contributed by atoms with Crippen LogP contribution in [0, 0.1) is 5.92 Å². The van der Waals surface area contributed by atoms with E-state index in [1.54, 1.807) is 56.3 Å². The van der Waals surface area contributed by atoms with Crippen molar-refractivity contribution in [1.29, 1.82) is 0 Å². The third-order valence-corrected chi connectivity index (χ3v) is 9.75. The fourth-order valence-electron chi connectivity index (χ4n) is 7.55. The Hall–Kier alpha value is -5.28. The summed E-state index contributed by atoms with van der Waals surface area (Å²) < 4.78 is 13.7. The van der Waals surface area contributed by atoms with Gasteiger partial charge in [0, 0.05) is 40.7 Å². The molecule has 0 radical (unpaired) electrons. The molecule has 0 unspecified atom stereocenters. The molecule has 7 N–H and O–H groups in total. The predicted octanol–water partition coefficient (Wildman–Crippen LogP) is 7.27. The molecule has 0 bridgehead atoms. The molecule has 1 aliphatic carbocycles. The van der Waals surface area contributed by atoms with Crippen LogP contribution in [0.4, 0.5) is 0 Å². The van der Waals surface area contributed by atoms with Gasteiger partial charge in [-0.1, -0.05) is 29.9 Å². The van der Waals surface area contributed by atoms with Gasteiger partial charge in [-0.3, -0.25) is 0 Å². The summed E-state index contributed by atoms with van der Waals surface area (Å²) in [4.78, 5) is 0. The van der Waals surface area contributed by atoms with Crippen LogP contribution in [-0.4, -0.2) is 41.3 Å². The van der Waals surface area contributed by atoms with E-state index in [1.807, 2.05) is 13.0 Å². The third kappa shape index (κ3) is 5.24. The smallest absolute Gasteiger partial charge is 0.285 e. The highest BCUT2D eigenvalue weighted by molar-refractivity contribution is 5.75. The molecular formula is C39H38O9. The molecule has 4 atom stereocenters. The first kappa shape index (κ1) is 31.3. The highest BCUT2D eigenvalue weighted by Crippen LogP contribution is 2.65. The standard InChI is InChI=1S/C39H38O9/c1-20-14-27-25-9-8-24(41)19-33(25)47-39(29-10-11-30(42)26(37(29)45)12-13-38(2,3)46)36(27)28(15-20)35-32(44)16-21(17-34(35)48-39)4-5-22-6-7-23(40)18-31(22)43/h4-11,15-19,27-28,36,40-46H,12-14H2,1-3H3/t27-,28-,36-,39-/m1/s1. The van der Waals surface area contributed by atoms with Gasteiger partial charge in [0.25, 0.3) is 5.79 Å². The summed E-state index contributed by atoms with van der Waals surface area (Å²) in [5, 5.41) is 75.3. The zero-order chi connectivity index (χ0) is 34.1. The summed E-state index contributed by atoms with van der Waals surface area (Å²) in [5.41, 5.74) is 3.00. The maximum absolute atomic E-state index is 11.9. The molecule has 9 heteroatoms. The number of aliphatic hydroxyl groups is 1.